The third-order valence-corrected chi connectivity index (χ3v) is 2.97. The molecule has 0 unspecified atom stereocenters. The van der Waals surface area contributed by atoms with Gasteiger partial charge in [0.15, 0.2) is 0 Å². The van der Waals surface area contributed by atoms with Crippen molar-refractivity contribution >= 4 is 11.6 Å². The minimum atomic E-state index is -0.428. The number of nitrogens with one attached hydrogen (secondary N) is 1. The van der Waals surface area contributed by atoms with Gasteiger partial charge in [0, 0.05) is 11.3 Å². The average Bonchev–Trinajstić information content (AvgIpc) is 2.49. The first-order valence-electron chi connectivity index (χ1n) is 6.99. The van der Waals surface area contributed by atoms with Crippen LogP contribution in [0.5, 0.6) is 5.75 Å². The lowest BCUT2D eigenvalue weighted by Crippen LogP contribution is -2.11. The Bertz CT molecular complexity index is 596. The monoisotopic (exact) mass is 287 g/mol. The highest BCUT2D eigenvalue weighted by atomic mass is 19.1. The molecule has 0 saturated carbocycles. The van der Waals surface area contributed by atoms with Crippen LogP contribution in [0.1, 0.15) is 30.1 Å². The van der Waals surface area contributed by atoms with Crippen molar-refractivity contribution in [1.29, 1.82) is 0 Å². The van der Waals surface area contributed by atoms with E-state index >= 15 is 0 Å². The number of amides is 1. The highest BCUT2D eigenvalue weighted by Gasteiger charge is 2.06. The van der Waals surface area contributed by atoms with Crippen molar-refractivity contribution in [2.75, 3.05) is 11.9 Å². The average molecular weight is 287 g/mol. The molecule has 3 nitrogen and oxygen atoms in total. The van der Waals surface area contributed by atoms with E-state index < -0.39 is 5.82 Å². The molecule has 0 atom stereocenters. The Morgan fingerprint density at radius 3 is 2.62 bits per heavy atom. The van der Waals surface area contributed by atoms with Crippen LogP contribution in [0.4, 0.5) is 10.1 Å². The number of carbonyl (C=O) groups is 1. The fourth-order valence-electron chi connectivity index (χ4n) is 1.80. The highest BCUT2D eigenvalue weighted by molar-refractivity contribution is 6.04. The van der Waals surface area contributed by atoms with Crippen molar-refractivity contribution in [3.63, 3.8) is 0 Å². The minimum Gasteiger partial charge on any atom is -0.494 e. The summed E-state index contributed by atoms with van der Waals surface area (Å²) in [6.45, 7) is 2.79. The third kappa shape index (κ3) is 4.60. The Kier molecular flexibility index (Phi) is 5.32. The van der Waals surface area contributed by atoms with E-state index in [4.69, 9.17) is 4.74 Å². The van der Waals surface area contributed by atoms with Crippen LogP contribution in [0.3, 0.4) is 0 Å². The van der Waals surface area contributed by atoms with Crippen LogP contribution < -0.4 is 10.1 Å². The summed E-state index contributed by atoms with van der Waals surface area (Å²) in [5.74, 6) is 0.00341. The second kappa shape index (κ2) is 7.43. The largest absolute Gasteiger partial charge is 0.494 e. The zero-order chi connectivity index (χ0) is 15.1. The molecule has 1 N–H and O–H groups in total. The van der Waals surface area contributed by atoms with Gasteiger partial charge < -0.3 is 10.1 Å². The molecule has 0 radical (unpaired) electrons. The second-order valence-corrected chi connectivity index (χ2v) is 4.69. The molecule has 0 bridgehead atoms. The van der Waals surface area contributed by atoms with E-state index in [0.717, 1.165) is 18.6 Å². The first kappa shape index (κ1) is 15.0. The lowest BCUT2D eigenvalue weighted by atomic mass is 10.2. The molecule has 21 heavy (non-hydrogen) atoms. The highest BCUT2D eigenvalue weighted by Crippen LogP contribution is 2.17. The predicted octanol–water partition coefficient (Wildman–Crippen LogP) is 4.26. The van der Waals surface area contributed by atoms with Crippen LogP contribution in [0.2, 0.25) is 0 Å². The molecule has 2 rings (SSSR count). The molecular weight excluding hydrogens is 269 g/mol. The smallest absolute Gasteiger partial charge is 0.255 e. The zero-order valence-electron chi connectivity index (χ0n) is 11.9. The predicted molar refractivity (Wildman–Crippen MR) is 81.2 cm³/mol. The van der Waals surface area contributed by atoms with E-state index in [2.05, 4.69) is 12.2 Å². The normalized spacial score (nSPS) is 10.2. The molecule has 0 heterocycles. The summed E-state index contributed by atoms with van der Waals surface area (Å²) in [7, 11) is 0. The van der Waals surface area contributed by atoms with Crippen molar-refractivity contribution in [2.24, 2.45) is 0 Å². The summed E-state index contributed by atoms with van der Waals surface area (Å²) in [6.07, 6.45) is 2.10. The van der Waals surface area contributed by atoms with E-state index in [9.17, 15) is 9.18 Å². The SMILES string of the molecule is CCCCOc1ccc(NC(=O)c2cccc(F)c2)cc1. The van der Waals surface area contributed by atoms with Gasteiger partial charge in [-0.3, -0.25) is 4.79 Å². The van der Waals surface area contributed by atoms with Gasteiger partial charge in [-0.1, -0.05) is 19.4 Å². The number of halogens is 1. The molecule has 0 fully saturated rings. The molecule has 0 aliphatic carbocycles. The first-order valence-corrected chi connectivity index (χ1v) is 6.99. The quantitative estimate of drug-likeness (QED) is 0.806. The molecule has 4 heteroatoms. The van der Waals surface area contributed by atoms with Crippen molar-refractivity contribution < 1.29 is 13.9 Å². The second-order valence-electron chi connectivity index (χ2n) is 4.69. The number of benzene rings is 2. The van der Waals surface area contributed by atoms with Crippen LogP contribution in [-0.4, -0.2) is 12.5 Å². The molecule has 0 aliphatic rings. The molecule has 0 saturated heterocycles. The molecular formula is C17H18FNO2. The maximum atomic E-state index is 13.1. The number of unbranched alkanes of at least 4 members (excludes halogenated alkanes) is 1. The van der Waals surface area contributed by atoms with E-state index in [1.165, 1.54) is 18.2 Å². The number of rotatable bonds is 6. The summed E-state index contributed by atoms with van der Waals surface area (Å²) < 4.78 is 18.6. The Hall–Kier alpha value is -2.36. The van der Waals surface area contributed by atoms with Gasteiger partial charge in [-0.05, 0) is 48.9 Å². The first-order chi connectivity index (χ1) is 10.2. The van der Waals surface area contributed by atoms with Gasteiger partial charge in [-0.2, -0.15) is 0 Å². The van der Waals surface area contributed by atoms with E-state index in [1.807, 2.05) is 0 Å². The number of hydrogen-bond acceptors (Lipinski definition) is 2. The van der Waals surface area contributed by atoms with E-state index in [1.54, 1.807) is 30.3 Å². The maximum Gasteiger partial charge on any atom is 0.255 e. The lowest BCUT2D eigenvalue weighted by molar-refractivity contribution is 0.102. The number of ether oxygens (including phenoxy) is 1. The minimum absolute atomic E-state index is 0.290. The van der Waals surface area contributed by atoms with Crippen molar-refractivity contribution in [1.82, 2.24) is 0 Å². The molecule has 0 aromatic heterocycles. The van der Waals surface area contributed by atoms with Crippen LogP contribution >= 0.6 is 0 Å². The summed E-state index contributed by atoms with van der Waals surface area (Å²) >= 11 is 0. The fourth-order valence-corrected chi connectivity index (χ4v) is 1.80. The number of hydrogen-bond donors (Lipinski definition) is 1. The molecule has 0 aliphatic heterocycles. The summed E-state index contributed by atoms with van der Waals surface area (Å²) in [6, 6.07) is 12.7. The Morgan fingerprint density at radius 1 is 1.19 bits per heavy atom. The van der Waals surface area contributed by atoms with E-state index in [0.29, 0.717) is 17.9 Å². The Balaban J connectivity index is 1.95. The van der Waals surface area contributed by atoms with Crippen LogP contribution in [0.25, 0.3) is 0 Å². The van der Waals surface area contributed by atoms with Gasteiger partial charge in [-0.25, -0.2) is 4.39 Å². The van der Waals surface area contributed by atoms with Crippen LogP contribution in [0, 0.1) is 5.82 Å². The Labute approximate surface area is 123 Å². The van der Waals surface area contributed by atoms with Gasteiger partial charge in [-0.15, -0.1) is 0 Å². The van der Waals surface area contributed by atoms with Gasteiger partial charge >= 0.3 is 0 Å². The number of anilines is 1. The molecule has 110 valence electrons. The molecule has 2 aromatic rings. The summed E-state index contributed by atoms with van der Waals surface area (Å²) in [4.78, 5) is 12.0. The van der Waals surface area contributed by atoms with Crippen molar-refractivity contribution in [3.05, 3.63) is 59.9 Å². The standard InChI is InChI=1S/C17H18FNO2/c1-2-3-11-21-16-9-7-15(8-10-16)19-17(20)13-5-4-6-14(18)12-13/h4-10,12H,2-3,11H2,1H3,(H,19,20). The lowest BCUT2D eigenvalue weighted by Gasteiger charge is -2.08. The fraction of sp³-hybridized carbons (Fsp3) is 0.235. The van der Waals surface area contributed by atoms with Gasteiger partial charge in [0.1, 0.15) is 11.6 Å². The van der Waals surface area contributed by atoms with Gasteiger partial charge in [0.25, 0.3) is 5.91 Å². The van der Waals surface area contributed by atoms with Crippen molar-refractivity contribution in [3.8, 4) is 5.75 Å². The molecule has 2 aromatic carbocycles. The van der Waals surface area contributed by atoms with Gasteiger partial charge in [0.05, 0.1) is 6.61 Å². The third-order valence-electron chi connectivity index (χ3n) is 2.97. The van der Waals surface area contributed by atoms with Crippen LogP contribution in [0.15, 0.2) is 48.5 Å². The van der Waals surface area contributed by atoms with Gasteiger partial charge in [0.2, 0.25) is 0 Å². The van der Waals surface area contributed by atoms with Crippen LogP contribution in [-0.2, 0) is 0 Å². The number of carbonyl (C=O) groups excluding carboxylic acids is 1. The Morgan fingerprint density at radius 2 is 1.95 bits per heavy atom. The molecule has 0 spiro atoms. The topological polar surface area (TPSA) is 38.3 Å². The summed E-state index contributed by atoms with van der Waals surface area (Å²) in [5, 5.41) is 2.72. The van der Waals surface area contributed by atoms with E-state index in [-0.39, 0.29) is 5.91 Å². The maximum absolute atomic E-state index is 13.1. The molecule has 1 amide bonds. The van der Waals surface area contributed by atoms with Crippen molar-refractivity contribution in [2.45, 2.75) is 19.8 Å². The zero-order valence-corrected chi connectivity index (χ0v) is 11.9. The summed E-state index contributed by atoms with van der Waals surface area (Å²) in [5.41, 5.74) is 0.936.